The van der Waals surface area contributed by atoms with Gasteiger partial charge in [-0.2, -0.15) is 0 Å². The molecule has 0 N–H and O–H groups in total. The summed E-state index contributed by atoms with van der Waals surface area (Å²) in [5, 5.41) is 0. The smallest absolute Gasteiger partial charge is 0.344 e. The van der Waals surface area contributed by atoms with Gasteiger partial charge in [0.1, 0.15) is 12.1 Å². The Hall–Kier alpha value is -1.43. The molecule has 4 heteroatoms. The third-order valence-corrected chi connectivity index (χ3v) is 3.92. The second kappa shape index (κ2) is 11.2. The number of ether oxygens (including phenoxy) is 1. The molecule has 2 rings (SSSR count). The number of unbranched alkanes of at least 4 members (excludes halogenated alkanes) is 3. The van der Waals surface area contributed by atoms with Crippen molar-refractivity contribution in [1.82, 2.24) is 0 Å². The van der Waals surface area contributed by atoms with Gasteiger partial charge in [0, 0.05) is 11.6 Å². The van der Waals surface area contributed by atoms with Crippen molar-refractivity contribution < 1.29 is 38.1 Å². The second-order valence-corrected chi connectivity index (χ2v) is 5.67. The molecular weight excluding hydrogens is 413 g/mol. The quantitative estimate of drug-likeness (QED) is 0.270. The monoisotopic (exact) mass is 439 g/mol. The predicted octanol–water partition coefficient (Wildman–Crippen LogP) is 1.40. The van der Waals surface area contributed by atoms with E-state index in [1.165, 1.54) is 12.8 Å². The maximum atomic E-state index is 12.5. The predicted molar refractivity (Wildman–Crippen MR) is 92.2 cm³/mol. The van der Waals surface area contributed by atoms with E-state index in [2.05, 4.69) is 13.8 Å². The molecule has 0 radical (unpaired) electrons. The molecule has 0 spiro atoms. The van der Waals surface area contributed by atoms with Crippen LogP contribution in [0.5, 0.6) is 0 Å². The lowest BCUT2D eigenvalue weighted by Crippen LogP contribution is -3.00. The summed E-state index contributed by atoms with van der Waals surface area (Å²) in [4.78, 5) is 12.5. The van der Waals surface area contributed by atoms with E-state index in [9.17, 15) is 4.79 Å². The van der Waals surface area contributed by atoms with Gasteiger partial charge in [-0.1, -0.05) is 56.5 Å². The Kier molecular flexibility index (Phi) is 9.60. The van der Waals surface area contributed by atoms with Gasteiger partial charge < -0.3 is 28.7 Å². The maximum absolute atomic E-state index is 12.5. The minimum Gasteiger partial charge on any atom is -1.00 e. The number of aryl methyl sites for hydroxylation is 1. The number of hydrogen-bond acceptors (Lipinski definition) is 2. The van der Waals surface area contributed by atoms with Gasteiger partial charge in [0.2, 0.25) is 0 Å². The topological polar surface area (TPSA) is 30.2 Å². The fraction of sp³-hybridized carbons (Fsp3) is 0.400. The number of pyridine rings is 1. The molecule has 0 saturated heterocycles. The van der Waals surface area contributed by atoms with Crippen molar-refractivity contribution in [2.45, 2.75) is 46.1 Å². The first kappa shape index (κ1) is 20.6. The van der Waals surface area contributed by atoms with Gasteiger partial charge in [-0.05, 0) is 18.9 Å². The van der Waals surface area contributed by atoms with Crippen LogP contribution in [0, 0.1) is 0 Å². The van der Waals surface area contributed by atoms with E-state index in [1.54, 1.807) is 0 Å². The number of hydrogen-bond donors (Lipinski definition) is 0. The van der Waals surface area contributed by atoms with Crippen molar-refractivity contribution in [1.29, 1.82) is 0 Å². The minimum absolute atomic E-state index is 0. The summed E-state index contributed by atoms with van der Waals surface area (Å²) in [6, 6.07) is 12.0. The lowest BCUT2D eigenvalue weighted by Gasteiger charge is -2.09. The molecule has 0 amide bonds. The van der Waals surface area contributed by atoms with Crippen LogP contribution in [0.4, 0.5) is 0 Å². The van der Waals surface area contributed by atoms with E-state index in [1.807, 2.05) is 53.4 Å². The molecule has 0 atom stereocenters. The van der Waals surface area contributed by atoms with Crippen LogP contribution in [0.1, 0.15) is 49.9 Å². The first-order valence-electron chi connectivity index (χ1n) is 8.52. The van der Waals surface area contributed by atoms with Gasteiger partial charge in [-0.25, -0.2) is 9.36 Å². The molecule has 1 aromatic heterocycles. The van der Waals surface area contributed by atoms with Crippen molar-refractivity contribution in [2.75, 3.05) is 6.61 Å². The summed E-state index contributed by atoms with van der Waals surface area (Å²) in [6.07, 6.45) is 8.30. The average Bonchev–Trinajstić information content (AvgIpc) is 2.61. The largest absolute Gasteiger partial charge is 1.00 e. The molecule has 1 heterocycles. The molecule has 3 nitrogen and oxygen atoms in total. The molecular formula is C20H26INO2. The number of aromatic nitrogens is 1. The SMILES string of the molecule is CCCCCCOC(=O)c1c[n+](CC)ccc1-c1ccccc1.[I-]. The van der Waals surface area contributed by atoms with Crippen LogP contribution in [0.15, 0.2) is 48.8 Å². The fourth-order valence-electron chi connectivity index (χ4n) is 2.54. The summed E-state index contributed by atoms with van der Waals surface area (Å²) in [6.45, 7) is 5.55. The zero-order valence-corrected chi connectivity index (χ0v) is 16.7. The van der Waals surface area contributed by atoms with Crippen LogP contribution in [-0.4, -0.2) is 12.6 Å². The number of esters is 1. The number of benzene rings is 1. The van der Waals surface area contributed by atoms with Crippen LogP contribution in [-0.2, 0) is 11.3 Å². The minimum atomic E-state index is -0.233. The van der Waals surface area contributed by atoms with Gasteiger partial charge in [0.25, 0.3) is 0 Å². The van der Waals surface area contributed by atoms with Crippen LogP contribution in [0.3, 0.4) is 0 Å². The van der Waals surface area contributed by atoms with E-state index >= 15 is 0 Å². The third kappa shape index (κ3) is 5.89. The van der Waals surface area contributed by atoms with E-state index in [0.29, 0.717) is 12.2 Å². The summed E-state index contributed by atoms with van der Waals surface area (Å²) in [7, 11) is 0. The third-order valence-electron chi connectivity index (χ3n) is 3.92. The van der Waals surface area contributed by atoms with Crippen LogP contribution < -0.4 is 28.5 Å². The molecule has 0 fully saturated rings. The highest BCUT2D eigenvalue weighted by atomic mass is 127. The number of rotatable bonds is 8. The van der Waals surface area contributed by atoms with E-state index in [4.69, 9.17) is 4.74 Å². The number of halogens is 1. The van der Waals surface area contributed by atoms with Crippen LogP contribution in [0.25, 0.3) is 11.1 Å². The Labute approximate surface area is 162 Å². The van der Waals surface area contributed by atoms with E-state index in [-0.39, 0.29) is 29.9 Å². The molecule has 24 heavy (non-hydrogen) atoms. The molecule has 0 aliphatic rings. The van der Waals surface area contributed by atoms with Gasteiger partial charge in [0.05, 0.1) is 6.61 Å². The number of nitrogens with zero attached hydrogens (tertiary/aromatic N) is 1. The first-order chi connectivity index (χ1) is 11.3. The van der Waals surface area contributed by atoms with Crippen molar-refractivity contribution in [3.8, 4) is 11.1 Å². The molecule has 130 valence electrons. The summed E-state index contributed by atoms with van der Waals surface area (Å²) in [5.74, 6) is -0.233. The Morgan fingerprint density at radius 3 is 2.46 bits per heavy atom. The highest BCUT2D eigenvalue weighted by Gasteiger charge is 2.18. The molecule has 0 aliphatic heterocycles. The Morgan fingerprint density at radius 1 is 1.04 bits per heavy atom. The molecule has 1 aromatic carbocycles. The molecule has 2 aromatic rings. The summed E-state index contributed by atoms with van der Waals surface area (Å²) in [5.41, 5.74) is 2.60. The average molecular weight is 439 g/mol. The summed E-state index contributed by atoms with van der Waals surface area (Å²) >= 11 is 0. The Balaban J connectivity index is 0.00000288. The fourth-order valence-corrected chi connectivity index (χ4v) is 2.54. The second-order valence-electron chi connectivity index (χ2n) is 5.67. The Bertz CT molecular complexity index is 629. The maximum Gasteiger partial charge on any atom is 0.344 e. The van der Waals surface area contributed by atoms with Crippen molar-refractivity contribution in [3.05, 3.63) is 54.4 Å². The molecule has 0 unspecified atom stereocenters. The molecule has 0 aliphatic carbocycles. The van der Waals surface area contributed by atoms with Crippen molar-refractivity contribution >= 4 is 5.97 Å². The van der Waals surface area contributed by atoms with Gasteiger partial charge in [-0.15, -0.1) is 0 Å². The lowest BCUT2D eigenvalue weighted by molar-refractivity contribution is -0.693. The van der Waals surface area contributed by atoms with Gasteiger partial charge >= 0.3 is 5.97 Å². The lowest BCUT2D eigenvalue weighted by atomic mass is 10.0. The highest BCUT2D eigenvalue weighted by molar-refractivity contribution is 5.96. The Morgan fingerprint density at radius 2 is 1.79 bits per heavy atom. The van der Waals surface area contributed by atoms with Crippen LogP contribution in [0.2, 0.25) is 0 Å². The number of carbonyl (C=O) groups is 1. The van der Waals surface area contributed by atoms with Gasteiger partial charge in [0.15, 0.2) is 12.4 Å². The first-order valence-corrected chi connectivity index (χ1v) is 8.52. The van der Waals surface area contributed by atoms with Crippen molar-refractivity contribution in [3.63, 3.8) is 0 Å². The molecule has 0 bridgehead atoms. The summed E-state index contributed by atoms with van der Waals surface area (Å²) < 4.78 is 7.48. The zero-order chi connectivity index (χ0) is 16.5. The van der Waals surface area contributed by atoms with Crippen LogP contribution >= 0.6 is 0 Å². The zero-order valence-electron chi connectivity index (χ0n) is 14.5. The standard InChI is InChI=1S/C20H26NO2.HI/c1-3-5-6-10-15-23-20(22)19-16-21(4-2)14-13-18(19)17-11-8-7-9-12-17;/h7-9,11-14,16H,3-6,10,15H2,1-2H3;1H/q+1;/p-1. The highest BCUT2D eigenvalue weighted by Crippen LogP contribution is 2.23. The normalized spacial score (nSPS) is 10.1. The van der Waals surface area contributed by atoms with Crippen molar-refractivity contribution in [2.24, 2.45) is 0 Å². The molecule has 0 saturated carbocycles. The van der Waals surface area contributed by atoms with E-state index < -0.39 is 0 Å². The van der Waals surface area contributed by atoms with Gasteiger partial charge in [-0.3, -0.25) is 0 Å². The van der Waals surface area contributed by atoms with E-state index in [0.717, 1.165) is 30.5 Å². The number of carbonyl (C=O) groups excluding carboxylic acids is 1.